The lowest BCUT2D eigenvalue weighted by atomic mass is 9.90. The molecule has 0 spiro atoms. The molecule has 0 atom stereocenters. The summed E-state index contributed by atoms with van der Waals surface area (Å²) >= 11 is 0. The lowest BCUT2D eigenvalue weighted by molar-refractivity contribution is 1.18. The summed E-state index contributed by atoms with van der Waals surface area (Å²) in [4.78, 5) is 0. The summed E-state index contributed by atoms with van der Waals surface area (Å²) in [6, 6.07) is 65.1. The molecule has 50 heavy (non-hydrogen) atoms. The predicted molar refractivity (Wildman–Crippen MR) is 212 cm³/mol. The van der Waals surface area contributed by atoms with Gasteiger partial charge < -0.3 is 4.57 Å². The molecule has 0 radical (unpaired) electrons. The second kappa shape index (κ2) is 10.5. The van der Waals surface area contributed by atoms with Gasteiger partial charge in [0.1, 0.15) is 0 Å². The van der Waals surface area contributed by atoms with Crippen LogP contribution < -0.4 is 0 Å². The zero-order chi connectivity index (χ0) is 32.8. The summed E-state index contributed by atoms with van der Waals surface area (Å²) in [5.74, 6) is 0. The topological polar surface area (TPSA) is 4.93 Å². The molecule has 1 nitrogen and oxygen atoms in total. The molecule has 232 valence electrons. The Labute approximate surface area is 290 Å². The molecule has 10 aromatic rings. The van der Waals surface area contributed by atoms with Crippen molar-refractivity contribution in [2.24, 2.45) is 0 Å². The first-order valence-electron chi connectivity index (χ1n) is 17.5. The van der Waals surface area contributed by atoms with Crippen LogP contribution in [0.1, 0.15) is 11.1 Å². The van der Waals surface area contributed by atoms with Crippen molar-refractivity contribution in [3.63, 3.8) is 0 Å². The van der Waals surface area contributed by atoms with Crippen LogP contribution >= 0.6 is 0 Å². The standard InChI is InChI=1S/C49H31N/c1-2-16-38-36(14-1)37-15-3-4-17-39(37)45-29-32(26-27-42(38)45)35-21-11-23-41-40-22-10-20-34(46(40)30-47(35)41)31-12-9-13-33(28-31)50-48-24-7-5-18-43(48)44-19-6-8-25-49(44)50/h1-29H,30H2. The Hall–Kier alpha value is -6.44. The molecule has 0 bridgehead atoms. The van der Waals surface area contributed by atoms with Crippen molar-refractivity contribution in [1.82, 2.24) is 4.57 Å². The predicted octanol–water partition coefficient (Wildman–Crippen LogP) is 13.1. The van der Waals surface area contributed by atoms with E-state index in [-0.39, 0.29) is 0 Å². The first kappa shape index (κ1) is 27.5. The van der Waals surface area contributed by atoms with Crippen LogP contribution in [0.25, 0.3) is 93.2 Å². The van der Waals surface area contributed by atoms with Gasteiger partial charge in [-0.2, -0.15) is 0 Å². The summed E-state index contributed by atoms with van der Waals surface area (Å²) in [6.07, 6.45) is 0.910. The van der Waals surface area contributed by atoms with Gasteiger partial charge in [-0.05, 0) is 114 Å². The third-order valence-electron chi connectivity index (χ3n) is 11.0. The molecule has 0 aliphatic heterocycles. The smallest absolute Gasteiger partial charge is 0.0541 e. The molecule has 0 amide bonds. The van der Waals surface area contributed by atoms with E-state index >= 15 is 0 Å². The molecule has 1 heteroatoms. The molecule has 0 saturated heterocycles. The highest BCUT2D eigenvalue weighted by molar-refractivity contribution is 6.25. The third-order valence-corrected chi connectivity index (χ3v) is 11.0. The van der Waals surface area contributed by atoms with E-state index in [0.29, 0.717) is 0 Å². The van der Waals surface area contributed by atoms with Crippen LogP contribution in [0.3, 0.4) is 0 Å². The Balaban J connectivity index is 1.05. The van der Waals surface area contributed by atoms with Gasteiger partial charge in [0, 0.05) is 16.5 Å². The van der Waals surface area contributed by atoms with Crippen molar-refractivity contribution < 1.29 is 0 Å². The van der Waals surface area contributed by atoms with Gasteiger partial charge in [0.15, 0.2) is 0 Å². The minimum Gasteiger partial charge on any atom is -0.309 e. The van der Waals surface area contributed by atoms with E-state index in [9.17, 15) is 0 Å². The average molecular weight is 634 g/mol. The summed E-state index contributed by atoms with van der Waals surface area (Å²) in [7, 11) is 0. The van der Waals surface area contributed by atoms with E-state index in [0.717, 1.165) is 6.42 Å². The van der Waals surface area contributed by atoms with Gasteiger partial charge in [-0.1, -0.05) is 146 Å². The van der Waals surface area contributed by atoms with Crippen molar-refractivity contribution in [1.29, 1.82) is 0 Å². The van der Waals surface area contributed by atoms with Gasteiger partial charge in [-0.15, -0.1) is 0 Å². The van der Waals surface area contributed by atoms with Crippen LogP contribution in [0.5, 0.6) is 0 Å². The largest absolute Gasteiger partial charge is 0.309 e. The zero-order valence-corrected chi connectivity index (χ0v) is 27.4. The van der Waals surface area contributed by atoms with Crippen LogP contribution in [0.15, 0.2) is 176 Å². The van der Waals surface area contributed by atoms with Gasteiger partial charge in [0.05, 0.1) is 11.0 Å². The lowest BCUT2D eigenvalue weighted by Crippen LogP contribution is -1.95. The Morgan fingerprint density at radius 2 is 0.740 bits per heavy atom. The van der Waals surface area contributed by atoms with Gasteiger partial charge in [0.25, 0.3) is 0 Å². The van der Waals surface area contributed by atoms with E-state index < -0.39 is 0 Å². The SMILES string of the molecule is c1cc(-c2cccc3c2Cc2c(-c4ccc5c6ccccc6c6ccccc6c5c4)cccc2-3)cc(-n2c3ccccc3c3ccccc32)c1. The summed E-state index contributed by atoms with van der Waals surface area (Å²) in [6.45, 7) is 0. The fraction of sp³-hybridized carbons (Fsp3) is 0.0204. The van der Waals surface area contributed by atoms with Gasteiger partial charge in [-0.25, -0.2) is 0 Å². The van der Waals surface area contributed by atoms with E-state index in [4.69, 9.17) is 0 Å². The van der Waals surface area contributed by atoms with E-state index in [1.165, 1.54) is 104 Å². The molecule has 1 aliphatic rings. The highest BCUT2D eigenvalue weighted by Crippen LogP contribution is 2.46. The molecular formula is C49H31N. The molecule has 1 aliphatic carbocycles. The second-order valence-electron chi connectivity index (χ2n) is 13.6. The maximum atomic E-state index is 2.43. The average Bonchev–Trinajstić information content (AvgIpc) is 3.74. The molecule has 9 aromatic carbocycles. The van der Waals surface area contributed by atoms with Gasteiger partial charge >= 0.3 is 0 Å². The second-order valence-corrected chi connectivity index (χ2v) is 13.6. The Morgan fingerprint density at radius 3 is 1.32 bits per heavy atom. The zero-order valence-electron chi connectivity index (χ0n) is 27.4. The van der Waals surface area contributed by atoms with Crippen LogP contribution in [0.4, 0.5) is 0 Å². The highest BCUT2D eigenvalue weighted by Gasteiger charge is 2.25. The lowest BCUT2D eigenvalue weighted by Gasteiger charge is -2.14. The molecule has 0 fully saturated rings. The number of hydrogen-bond acceptors (Lipinski definition) is 0. The maximum absolute atomic E-state index is 2.43. The van der Waals surface area contributed by atoms with Crippen LogP contribution in [-0.2, 0) is 6.42 Å². The van der Waals surface area contributed by atoms with Crippen LogP contribution in [0.2, 0.25) is 0 Å². The first-order valence-corrected chi connectivity index (χ1v) is 17.5. The minimum absolute atomic E-state index is 0.910. The van der Waals surface area contributed by atoms with Crippen molar-refractivity contribution in [3.05, 3.63) is 187 Å². The normalized spacial score (nSPS) is 12.3. The molecule has 11 rings (SSSR count). The van der Waals surface area contributed by atoms with Gasteiger partial charge in [-0.3, -0.25) is 0 Å². The highest BCUT2D eigenvalue weighted by atomic mass is 15.0. The number of hydrogen-bond donors (Lipinski definition) is 0. The summed E-state index contributed by atoms with van der Waals surface area (Å²) in [5, 5.41) is 10.4. The van der Waals surface area contributed by atoms with Crippen molar-refractivity contribution in [2.45, 2.75) is 6.42 Å². The fourth-order valence-electron chi connectivity index (χ4n) is 8.87. The monoisotopic (exact) mass is 633 g/mol. The minimum atomic E-state index is 0.910. The number of fused-ring (bicyclic) bond motifs is 12. The third kappa shape index (κ3) is 3.89. The molecule has 1 aromatic heterocycles. The molecule has 0 N–H and O–H groups in total. The Morgan fingerprint density at radius 1 is 0.300 bits per heavy atom. The van der Waals surface area contributed by atoms with Crippen LogP contribution in [-0.4, -0.2) is 4.57 Å². The summed E-state index contributed by atoms with van der Waals surface area (Å²) in [5.41, 5.74) is 14.3. The molecule has 1 heterocycles. The number of nitrogens with zero attached hydrogens (tertiary/aromatic N) is 1. The fourth-order valence-corrected chi connectivity index (χ4v) is 8.87. The van der Waals surface area contributed by atoms with Crippen molar-refractivity contribution >= 4 is 54.1 Å². The van der Waals surface area contributed by atoms with Crippen LogP contribution in [0, 0.1) is 0 Å². The van der Waals surface area contributed by atoms with E-state index in [1.54, 1.807) is 0 Å². The molecule has 0 unspecified atom stereocenters. The molecule has 0 saturated carbocycles. The van der Waals surface area contributed by atoms with Crippen molar-refractivity contribution in [3.8, 4) is 39.1 Å². The quantitative estimate of drug-likeness (QED) is 0.171. The van der Waals surface area contributed by atoms with Gasteiger partial charge in [0.2, 0.25) is 0 Å². The maximum Gasteiger partial charge on any atom is 0.0541 e. The number of para-hydroxylation sites is 2. The Bertz CT molecular complexity index is 2920. The number of rotatable bonds is 3. The van der Waals surface area contributed by atoms with E-state index in [1.807, 2.05) is 0 Å². The summed E-state index contributed by atoms with van der Waals surface area (Å²) < 4.78 is 2.41. The number of aromatic nitrogens is 1. The molecular weight excluding hydrogens is 603 g/mol. The van der Waals surface area contributed by atoms with E-state index in [2.05, 4.69) is 180 Å². The Kier molecular flexibility index (Phi) is 5.79. The first-order chi connectivity index (χ1) is 24.8. The number of benzene rings is 9. The van der Waals surface area contributed by atoms with Crippen molar-refractivity contribution in [2.75, 3.05) is 0 Å².